The number of allylic oxidation sites excluding steroid dienone is 1. The molecule has 1 heterocycles. The molecule has 0 saturated heterocycles. The van der Waals surface area contributed by atoms with E-state index in [1.807, 2.05) is 31.2 Å². The Kier molecular flexibility index (Phi) is 7.28. The molecule has 8 heteroatoms. The molecule has 0 radical (unpaired) electrons. The van der Waals surface area contributed by atoms with E-state index in [4.69, 9.17) is 13.7 Å². The third kappa shape index (κ3) is 6.10. The van der Waals surface area contributed by atoms with Gasteiger partial charge in [0.1, 0.15) is 29.0 Å². The van der Waals surface area contributed by atoms with Gasteiger partial charge in [-0.1, -0.05) is 29.8 Å². The monoisotopic (exact) mass is 525 g/mol. The summed E-state index contributed by atoms with van der Waals surface area (Å²) in [6, 6.07) is 16.3. The molecule has 0 saturated carbocycles. The Morgan fingerprint density at radius 2 is 1.70 bits per heavy atom. The summed E-state index contributed by atoms with van der Waals surface area (Å²) in [4.78, 5) is 12.9. The molecular formula is C29H35NO6S. The second-order valence-electron chi connectivity index (χ2n) is 9.84. The standard InChI is InChI=1S/C29H33NO6S.H2/c1-18-7-9-20(10-8-18)28(31)35-17-24-22(13-14-25-27(24)19(2)16-29(3,4)30-25)23-12-11-21(15-26(23)34-5)36-37(6,32)33;/h7-16,30,32-33H,17H2,1-6H3;1H. The number of aryl methyl sites for hydroxylation is 1. The van der Waals surface area contributed by atoms with Gasteiger partial charge in [0, 0.05) is 36.1 Å². The average molecular weight is 526 g/mol. The van der Waals surface area contributed by atoms with Crippen molar-refractivity contribution in [1.82, 2.24) is 0 Å². The number of carbonyl (C=O) groups excluding carboxylic acids is 1. The lowest BCUT2D eigenvalue weighted by molar-refractivity contribution is 0.0473. The van der Waals surface area contributed by atoms with Crippen LogP contribution in [0.4, 0.5) is 5.69 Å². The number of hydrogen-bond donors (Lipinski definition) is 3. The molecule has 3 N–H and O–H groups in total. The maximum Gasteiger partial charge on any atom is 0.338 e. The van der Waals surface area contributed by atoms with E-state index < -0.39 is 16.8 Å². The van der Waals surface area contributed by atoms with Crippen LogP contribution >= 0.6 is 10.9 Å². The maximum absolute atomic E-state index is 12.9. The highest BCUT2D eigenvalue weighted by Crippen LogP contribution is 2.45. The summed E-state index contributed by atoms with van der Waals surface area (Å²) in [5.74, 6) is 0.351. The fourth-order valence-electron chi connectivity index (χ4n) is 4.64. The summed E-state index contributed by atoms with van der Waals surface area (Å²) in [6.07, 6.45) is 3.37. The van der Waals surface area contributed by atoms with Crippen molar-refractivity contribution >= 4 is 28.1 Å². The quantitative estimate of drug-likeness (QED) is 0.274. The van der Waals surface area contributed by atoms with Gasteiger partial charge < -0.3 is 19.0 Å². The number of ether oxygens (including phenoxy) is 2. The van der Waals surface area contributed by atoms with E-state index in [0.717, 1.165) is 39.1 Å². The van der Waals surface area contributed by atoms with Gasteiger partial charge in [-0.15, -0.1) is 0 Å². The minimum Gasteiger partial charge on any atom is -0.496 e. The Bertz CT molecular complexity index is 1360. The Morgan fingerprint density at radius 1 is 1.03 bits per heavy atom. The summed E-state index contributed by atoms with van der Waals surface area (Å²) in [7, 11) is -1.66. The summed E-state index contributed by atoms with van der Waals surface area (Å²) in [5, 5.41) is 3.55. The number of carbonyl (C=O) groups is 1. The van der Waals surface area contributed by atoms with Crippen LogP contribution in [0.15, 0.2) is 60.7 Å². The number of anilines is 1. The van der Waals surface area contributed by atoms with Crippen LogP contribution in [0.5, 0.6) is 11.5 Å². The Labute approximate surface area is 221 Å². The zero-order chi connectivity index (χ0) is 27.0. The third-order valence-electron chi connectivity index (χ3n) is 6.09. The van der Waals surface area contributed by atoms with Gasteiger partial charge >= 0.3 is 5.97 Å². The zero-order valence-corrected chi connectivity index (χ0v) is 22.7. The predicted molar refractivity (Wildman–Crippen MR) is 152 cm³/mol. The predicted octanol–water partition coefficient (Wildman–Crippen LogP) is 7.56. The molecule has 0 amide bonds. The Hall–Kier alpha value is -3.46. The number of fused-ring (bicyclic) bond motifs is 1. The fraction of sp³-hybridized carbons (Fsp3) is 0.276. The van der Waals surface area contributed by atoms with E-state index in [0.29, 0.717) is 11.3 Å². The zero-order valence-electron chi connectivity index (χ0n) is 21.9. The summed E-state index contributed by atoms with van der Waals surface area (Å²) < 4.78 is 36.2. The minimum atomic E-state index is -3.19. The van der Waals surface area contributed by atoms with Gasteiger partial charge in [-0.2, -0.15) is 0 Å². The normalized spacial score (nSPS) is 14.6. The van der Waals surface area contributed by atoms with Crippen LogP contribution in [0, 0.1) is 6.92 Å². The van der Waals surface area contributed by atoms with Crippen molar-refractivity contribution in [3.63, 3.8) is 0 Å². The van der Waals surface area contributed by atoms with Crippen molar-refractivity contribution in [1.29, 1.82) is 0 Å². The van der Waals surface area contributed by atoms with Crippen LogP contribution in [0.3, 0.4) is 0 Å². The lowest BCUT2D eigenvalue weighted by Gasteiger charge is -2.33. The molecule has 3 aromatic rings. The van der Waals surface area contributed by atoms with Crippen molar-refractivity contribution < 1.29 is 29.0 Å². The van der Waals surface area contributed by atoms with Crippen molar-refractivity contribution in [3.8, 4) is 22.6 Å². The van der Waals surface area contributed by atoms with Gasteiger partial charge in [0.05, 0.1) is 18.2 Å². The molecule has 37 heavy (non-hydrogen) atoms. The van der Waals surface area contributed by atoms with E-state index in [1.165, 1.54) is 13.4 Å². The van der Waals surface area contributed by atoms with Gasteiger partial charge in [0.2, 0.25) is 0 Å². The fourth-order valence-corrected chi connectivity index (χ4v) is 5.11. The number of hydrogen-bond acceptors (Lipinski definition) is 7. The molecular weight excluding hydrogens is 490 g/mol. The molecule has 0 unspecified atom stereocenters. The molecule has 1 aliphatic heterocycles. The van der Waals surface area contributed by atoms with E-state index >= 15 is 0 Å². The first-order valence-corrected chi connectivity index (χ1v) is 13.7. The highest BCUT2D eigenvalue weighted by atomic mass is 32.3. The molecule has 0 aliphatic carbocycles. The summed E-state index contributed by atoms with van der Waals surface area (Å²) in [5.41, 5.74) is 6.74. The van der Waals surface area contributed by atoms with E-state index in [2.05, 4.69) is 32.2 Å². The van der Waals surface area contributed by atoms with Gasteiger partial charge in [0.15, 0.2) is 0 Å². The number of benzene rings is 3. The molecule has 0 fully saturated rings. The van der Waals surface area contributed by atoms with Crippen LogP contribution in [-0.2, 0) is 11.3 Å². The topological polar surface area (TPSA) is 97.2 Å². The first-order chi connectivity index (χ1) is 17.4. The molecule has 0 spiro atoms. The minimum absolute atomic E-state index is 0. The number of nitrogens with one attached hydrogen (secondary N) is 1. The smallest absolute Gasteiger partial charge is 0.338 e. The average Bonchev–Trinajstić information content (AvgIpc) is 2.81. The summed E-state index contributed by atoms with van der Waals surface area (Å²) >= 11 is 0. The van der Waals surface area contributed by atoms with E-state index in [1.54, 1.807) is 30.3 Å². The van der Waals surface area contributed by atoms with E-state index in [-0.39, 0.29) is 19.3 Å². The molecule has 7 nitrogen and oxygen atoms in total. The Morgan fingerprint density at radius 3 is 2.35 bits per heavy atom. The first kappa shape index (κ1) is 26.6. The van der Waals surface area contributed by atoms with Gasteiger partial charge in [-0.05, 0) is 69.2 Å². The van der Waals surface area contributed by atoms with Gasteiger partial charge in [-0.3, -0.25) is 9.11 Å². The molecule has 0 bridgehead atoms. The van der Waals surface area contributed by atoms with Crippen LogP contribution in [0.2, 0.25) is 0 Å². The number of methoxy groups -OCH3 is 1. The SMILES string of the molecule is COc1cc(OS(C)(O)O)ccc1-c1ccc2c(c1COC(=O)c1ccc(C)cc1)C(C)=CC(C)(C)N2.[HH]. The Balaban J connectivity index is 0.00000400. The third-order valence-corrected chi connectivity index (χ3v) is 6.60. The molecule has 0 aromatic heterocycles. The lowest BCUT2D eigenvalue weighted by Crippen LogP contribution is -2.32. The first-order valence-electron chi connectivity index (χ1n) is 11.9. The van der Waals surface area contributed by atoms with Crippen molar-refractivity contribution in [2.75, 3.05) is 18.7 Å². The molecule has 4 rings (SSSR count). The van der Waals surface area contributed by atoms with Crippen molar-refractivity contribution in [2.24, 2.45) is 0 Å². The highest BCUT2D eigenvalue weighted by molar-refractivity contribution is 8.19. The van der Waals surface area contributed by atoms with Crippen molar-refractivity contribution in [2.45, 2.75) is 39.8 Å². The number of esters is 1. The van der Waals surface area contributed by atoms with Gasteiger partial charge in [0.25, 0.3) is 0 Å². The molecule has 0 atom stereocenters. The summed E-state index contributed by atoms with van der Waals surface area (Å²) in [6.45, 7) is 8.27. The second-order valence-corrected chi connectivity index (χ2v) is 11.5. The largest absolute Gasteiger partial charge is 0.496 e. The van der Waals surface area contributed by atoms with Crippen molar-refractivity contribution in [3.05, 3.63) is 82.9 Å². The molecule has 3 aromatic carbocycles. The van der Waals surface area contributed by atoms with E-state index in [9.17, 15) is 13.9 Å². The van der Waals surface area contributed by atoms with Crippen LogP contribution in [0.25, 0.3) is 16.7 Å². The molecule has 198 valence electrons. The number of rotatable bonds is 7. The second kappa shape index (κ2) is 10.1. The highest BCUT2D eigenvalue weighted by Gasteiger charge is 2.27. The molecule has 1 aliphatic rings. The lowest BCUT2D eigenvalue weighted by atomic mass is 9.85. The van der Waals surface area contributed by atoms with Crippen LogP contribution < -0.4 is 14.2 Å². The maximum atomic E-state index is 12.9. The van der Waals surface area contributed by atoms with Crippen LogP contribution in [-0.4, -0.2) is 34.0 Å². The van der Waals surface area contributed by atoms with Crippen LogP contribution in [0.1, 0.15) is 49.2 Å². The van der Waals surface area contributed by atoms with Gasteiger partial charge in [-0.25, -0.2) is 4.79 Å².